The Morgan fingerprint density at radius 1 is 1.33 bits per heavy atom. The molecule has 206 valence electrons. The molecule has 1 aliphatic rings. The molecule has 1 unspecified atom stereocenters. The molecule has 0 saturated heterocycles. The highest BCUT2D eigenvalue weighted by molar-refractivity contribution is 7.99. The number of thiophene rings is 1. The topological polar surface area (TPSA) is 102 Å². The van der Waals surface area contributed by atoms with E-state index in [1.54, 1.807) is 31.6 Å². The van der Waals surface area contributed by atoms with Gasteiger partial charge in [0.25, 0.3) is 0 Å². The molecule has 39 heavy (non-hydrogen) atoms. The van der Waals surface area contributed by atoms with Crippen LogP contribution < -0.4 is 14.8 Å². The first-order chi connectivity index (χ1) is 18.8. The Hall–Kier alpha value is -3.29. The fourth-order valence-electron chi connectivity index (χ4n) is 4.92. The predicted octanol–water partition coefficient (Wildman–Crippen LogP) is 6.35. The van der Waals surface area contributed by atoms with E-state index in [-0.39, 0.29) is 17.1 Å². The molecule has 0 aliphatic heterocycles. The number of hydrogen-bond donors (Lipinski definition) is 1. The number of nitriles is 1. The van der Waals surface area contributed by atoms with Crippen molar-refractivity contribution in [2.24, 2.45) is 11.3 Å². The van der Waals surface area contributed by atoms with Gasteiger partial charge in [-0.2, -0.15) is 5.26 Å². The number of nitrogens with zero attached hydrogens (tertiary/aromatic N) is 4. The third-order valence-electron chi connectivity index (χ3n) is 7.65. The summed E-state index contributed by atoms with van der Waals surface area (Å²) in [5, 5.41) is 22.9. The number of ether oxygens (including phenoxy) is 2. The molecule has 1 aromatic carbocycles. The highest BCUT2D eigenvalue weighted by atomic mass is 32.2. The maximum Gasteiger partial charge on any atom is 0.235 e. The van der Waals surface area contributed by atoms with Gasteiger partial charge in [0.2, 0.25) is 5.91 Å². The van der Waals surface area contributed by atoms with Crippen molar-refractivity contribution in [1.29, 1.82) is 5.26 Å². The predicted molar refractivity (Wildman–Crippen MR) is 157 cm³/mol. The second kappa shape index (κ2) is 12.3. The molecule has 1 atom stereocenters. The molecule has 1 aliphatic carbocycles. The maximum atomic E-state index is 13.0. The maximum absolute atomic E-state index is 13.0. The van der Waals surface area contributed by atoms with Crippen molar-refractivity contribution in [3.05, 3.63) is 46.9 Å². The zero-order valence-corrected chi connectivity index (χ0v) is 24.8. The van der Waals surface area contributed by atoms with E-state index in [0.717, 1.165) is 36.8 Å². The number of anilines is 1. The molecule has 10 heteroatoms. The van der Waals surface area contributed by atoms with Crippen LogP contribution in [-0.2, 0) is 24.2 Å². The summed E-state index contributed by atoms with van der Waals surface area (Å²) in [5.41, 5.74) is 2.79. The first-order valence-corrected chi connectivity index (χ1v) is 14.8. The van der Waals surface area contributed by atoms with Gasteiger partial charge >= 0.3 is 0 Å². The van der Waals surface area contributed by atoms with Gasteiger partial charge in [0, 0.05) is 17.0 Å². The largest absolute Gasteiger partial charge is 0.493 e. The van der Waals surface area contributed by atoms with Crippen LogP contribution in [0.2, 0.25) is 0 Å². The zero-order valence-electron chi connectivity index (χ0n) is 23.2. The molecular weight excluding hydrogens is 530 g/mol. The van der Waals surface area contributed by atoms with E-state index in [1.807, 2.05) is 22.8 Å². The zero-order chi connectivity index (χ0) is 28.2. The number of carbonyl (C=O) groups excluding carboxylic acids is 1. The Labute approximate surface area is 238 Å². The van der Waals surface area contributed by atoms with Crippen molar-refractivity contribution in [3.8, 4) is 29.0 Å². The number of methoxy groups -OCH3 is 2. The van der Waals surface area contributed by atoms with Gasteiger partial charge < -0.3 is 14.8 Å². The Balaban J connectivity index is 1.48. The normalized spacial score (nSPS) is 14.8. The monoisotopic (exact) mass is 565 g/mol. The number of nitrogens with one attached hydrogen (secondary N) is 1. The Morgan fingerprint density at radius 3 is 2.77 bits per heavy atom. The molecule has 3 aromatic rings. The Morgan fingerprint density at radius 2 is 2.10 bits per heavy atom. The van der Waals surface area contributed by atoms with Gasteiger partial charge in [-0.15, -0.1) is 28.1 Å². The van der Waals surface area contributed by atoms with Crippen molar-refractivity contribution in [1.82, 2.24) is 14.8 Å². The van der Waals surface area contributed by atoms with Crippen molar-refractivity contribution in [2.45, 2.75) is 58.2 Å². The first-order valence-electron chi connectivity index (χ1n) is 13.0. The number of carbonyl (C=O) groups is 1. The third kappa shape index (κ3) is 5.99. The molecule has 4 rings (SSSR count). The molecule has 2 aromatic heterocycles. The number of aromatic nitrogens is 3. The lowest BCUT2D eigenvalue weighted by atomic mass is 9.69. The number of hydrogen-bond acceptors (Lipinski definition) is 8. The quantitative estimate of drug-likeness (QED) is 0.213. The van der Waals surface area contributed by atoms with E-state index < -0.39 is 0 Å². The van der Waals surface area contributed by atoms with Gasteiger partial charge in [0.15, 0.2) is 22.5 Å². The van der Waals surface area contributed by atoms with Crippen LogP contribution in [0, 0.1) is 22.7 Å². The van der Waals surface area contributed by atoms with Crippen LogP contribution in [0.4, 0.5) is 5.00 Å². The van der Waals surface area contributed by atoms with Gasteiger partial charge in [-0.05, 0) is 54.4 Å². The van der Waals surface area contributed by atoms with E-state index >= 15 is 0 Å². The van der Waals surface area contributed by atoms with Crippen molar-refractivity contribution in [2.75, 3.05) is 25.3 Å². The lowest BCUT2D eigenvalue weighted by molar-refractivity contribution is -0.113. The van der Waals surface area contributed by atoms with Crippen LogP contribution in [-0.4, -0.2) is 40.6 Å². The van der Waals surface area contributed by atoms with Gasteiger partial charge in [-0.3, -0.25) is 9.36 Å². The minimum atomic E-state index is -0.179. The lowest BCUT2D eigenvalue weighted by Gasteiger charge is -2.36. The summed E-state index contributed by atoms with van der Waals surface area (Å²) in [7, 11) is 3.18. The summed E-state index contributed by atoms with van der Waals surface area (Å²) < 4.78 is 12.7. The SMILES string of the molecule is C=CCn1c(SCC(=O)Nc2sc3c(c2C#N)CCC(C(C)(C)CC)C3)nnc1-c1ccc(OC)c(OC)c1. The minimum Gasteiger partial charge on any atom is -0.493 e. The van der Waals surface area contributed by atoms with E-state index in [4.69, 9.17) is 9.47 Å². The average molecular weight is 566 g/mol. The number of rotatable bonds is 11. The molecule has 0 spiro atoms. The van der Waals surface area contributed by atoms with Crippen molar-refractivity contribution < 1.29 is 14.3 Å². The second-order valence-corrected chi connectivity index (χ2v) is 12.3. The number of amides is 1. The van der Waals surface area contributed by atoms with Crippen LogP contribution >= 0.6 is 23.1 Å². The molecular formula is C29H35N5O3S2. The lowest BCUT2D eigenvalue weighted by Crippen LogP contribution is -2.28. The summed E-state index contributed by atoms with van der Waals surface area (Å²) in [6.07, 6.45) is 5.80. The van der Waals surface area contributed by atoms with E-state index in [0.29, 0.717) is 45.5 Å². The van der Waals surface area contributed by atoms with Crippen LogP contribution in [0.5, 0.6) is 11.5 Å². The second-order valence-electron chi connectivity index (χ2n) is 10.2. The average Bonchev–Trinajstić information content (AvgIpc) is 3.51. The number of benzene rings is 1. The van der Waals surface area contributed by atoms with Crippen molar-refractivity contribution in [3.63, 3.8) is 0 Å². The number of allylic oxidation sites excluding steroid dienone is 1. The molecule has 2 heterocycles. The molecule has 1 N–H and O–H groups in total. The van der Waals surface area contributed by atoms with Crippen molar-refractivity contribution >= 4 is 34.0 Å². The molecule has 0 bridgehead atoms. The number of thioether (sulfide) groups is 1. The summed E-state index contributed by atoms with van der Waals surface area (Å²) in [6.45, 7) is 11.2. The van der Waals surface area contributed by atoms with E-state index in [9.17, 15) is 10.1 Å². The highest BCUT2D eigenvalue weighted by Crippen LogP contribution is 2.45. The highest BCUT2D eigenvalue weighted by Gasteiger charge is 2.34. The summed E-state index contributed by atoms with van der Waals surface area (Å²) in [4.78, 5) is 14.2. The molecule has 0 fully saturated rings. The van der Waals surface area contributed by atoms with Gasteiger partial charge in [-0.1, -0.05) is 45.0 Å². The van der Waals surface area contributed by atoms with E-state index in [1.165, 1.54) is 16.6 Å². The van der Waals surface area contributed by atoms with Gasteiger partial charge in [-0.25, -0.2) is 0 Å². The summed E-state index contributed by atoms with van der Waals surface area (Å²) in [6, 6.07) is 7.90. The molecule has 0 saturated carbocycles. The number of fused-ring (bicyclic) bond motifs is 1. The van der Waals surface area contributed by atoms with Gasteiger partial charge in [0.1, 0.15) is 11.1 Å². The van der Waals surface area contributed by atoms with Gasteiger partial charge in [0.05, 0.1) is 25.5 Å². The minimum absolute atomic E-state index is 0.139. The molecule has 1 amide bonds. The van der Waals surface area contributed by atoms with Crippen LogP contribution in [0.1, 0.15) is 49.6 Å². The smallest absolute Gasteiger partial charge is 0.235 e. The van der Waals surface area contributed by atoms with Crippen LogP contribution in [0.25, 0.3) is 11.4 Å². The standard InChI is InChI=1S/C29H35N5O3S2/c1-7-13-34-26(18-9-12-22(36-5)23(14-18)37-6)32-33-28(34)38-17-25(35)31-27-21(16-30)20-11-10-19(15-24(20)39-27)29(3,4)8-2/h7,9,12,14,19H,1,8,10-11,13,15,17H2,2-6H3,(H,31,35). The first kappa shape index (κ1) is 28.7. The fourth-order valence-corrected chi connectivity index (χ4v) is 6.96. The fraction of sp³-hybridized carbons (Fsp3) is 0.448. The van der Waals surface area contributed by atoms with E-state index in [2.05, 4.69) is 48.9 Å². The van der Waals surface area contributed by atoms with Crippen LogP contribution in [0.15, 0.2) is 36.0 Å². The summed E-state index contributed by atoms with van der Waals surface area (Å²) >= 11 is 2.85. The molecule has 8 nitrogen and oxygen atoms in total. The summed E-state index contributed by atoms with van der Waals surface area (Å²) in [5.74, 6) is 2.39. The van der Waals surface area contributed by atoms with Crippen LogP contribution in [0.3, 0.4) is 0 Å². The Bertz CT molecular complexity index is 1400. The Kier molecular flexibility index (Phi) is 9.03. The third-order valence-corrected chi connectivity index (χ3v) is 9.79. The molecule has 0 radical (unpaired) electrons.